The van der Waals surface area contributed by atoms with Crippen LogP contribution in [0.5, 0.6) is 0 Å². The summed E-state index contributed by atoms with van der Waals surface area (Å²) in [5.74, 6) is -1.15. The zero-order chi connectivity index (χ0) is 14.9. The fourth-order valence-electron chi connectivity index (χ4n) is 2.16. The van der Waals surface area contributed by atoms with Crippen LogP contribution in [0.2, 0.25) is 0 Å². The summed E-state index contributed by atoms with van der Waals surface area (Å²) in [6, 6.07) is 4.93. The van der Waals surface area contributed by atoms with Gasteiger partial charge in [0.1, 0.15) is 5.69 Å². The molecule has 0 aromatic carbocycles. The number of rotatable bonds is 4. The predicted molar refractivity (Wildman–Crippen MR) is 69.6 cm³/mol. The molecule has 1 unspecified atom stereocenters. The lowest BCUT2D eigenvalue weighted by Gasteiger charge is -2.22. The Morgan fingerprint density at radius 1 is 1.48 bits per heavy atom. The maximum atomic E-state index is 12.2. The highest BCUT2D eigenvalue weighted by molar-refractivity contribution is 5.97. The molecule has 1 fully saturated rings. The molecular formula is C13H13N3O5. The van der Waals surface area contributed by atoms with E-state index >= 15 is 0 Å². The Hall–Kier alpha value is -2.61. The number of ether oxygens (including phenoxy) is 1. The number of carboxylic acid groups (broad SMARTS) is 1. The number of carbonyl (C=O) groups is 2. The van der Waals surface area contributed by atoms with Crippen molar-refractivity contribution in [2.45, 2.75) is 12.0 Å². The van der Waals surface area contributed by atoms with Crippen molar-refractivity contribution in [3.63, 3.8) is 0 Å². The van der Waals surface area contributed by atoms with E-state index in [9.17, 15) is 14.7 Å². The van der Waals surface area contributed by atoms with Gasteiger partial charge in [0.2, 0.25) is 0 Å². The predicted octanol–water partition coefficient (Wildman–Crippen LogP) is 0.643. The molecule has 8 nitrogen and oxygen atoms in total. The standard InChI is InChI=1S/C13H13N3O5/c17-11(14-13(12(18)19)3-5-20-7-13)9-6-8(15-16-9)10-2-1-4-21-10/h1-2,4,6H,3,5,7H2,(H,14,17)(H,15,16)(H,18,19). The summed E-state index contributed by atoms with van der Waals surface area (Å²) < 4.78 is 10.3. The van der Waals surface area contributed by atoms with Crippen LogP contribution in [-0.4, -0.2) is 45.9 Å². The molecule has 21 heavy (non-hydrogen) atoms. The first-order chi connectivity index (χ1) is 10.1. The molecule has 3 rings (SSSR count). The number of carbonyl (C=O) groups excluding carboxylic acids is 1. The van der Waals surface area contributed by atoms with Gasteiger partial charge in [-0.15, -0.1) is 0 Å². The van der Waals surface area contributed by atoms with Crippen LogP contribution in [0.25, 0.3) is 11.5 Å². The molecule has 2 aromatic rings. The average molecular weight is 291 g/mol. The largest absolute Gasteiger partial charge is 0.479 e. The molecule has 1 saturated heterocycles. The van der Waals surface area contributed by atoms with Crippen molar-refractivity contribution < 1.29 is 23.8 Å². The summed E-state index contributed by atoms with van der Waals surface area (Å²) in [5, 5.41) is 18.3. The number of H-pyrrole nitrogens is 1. The van der Waals surface area contributed by atoms with Gasteiger partial charge in [-0.2, -0.15) is 5.10 Å². The third-order valence-corrected chi connectivity index (χ3v) is 3.38. The average Bonchev–Trinajstić information content (AvgIpc) is 3.20. The molecule has 0 aliphatic carbocycles. The third-order valence-electron chi connectivity index (χ3n) is 3.38. The second kappa shape index (κ2) is 5.06. The van der Waals surface area contributed by atoms with Crippen molar-refractivity contribution >= 4 is 11.9 Å². The molecule has 2 aromatic heterocycles. The number of hydrogen-bond acceptors (Lipinski definition) is 5. The van der Waals surface area contributed by atoms with E-state index in [2.05, 4.69) is 15.5 Å². The van der Waals surface area contributed by atoms with Gasteiger partial charge in [-0.1, -0.05) is 0 Å². The molecule has 3 heterocycles. The topological polar surface area (TPSA) is 117 Å². The fourth-order valence-corrected chi connectivity index (χ4v) is 2.16. The third kappa shape index (κ3) is 2.40. The van der Waals surface area contributed by atoms with Crippen LogP contribution >= 0.6 is 0 Å². The molecular weight excluding hydrogens is 278 g/mol. The first-order valence-corrected chi connectivity index (χ1v) is 6.34. The number of nitrogens with zero attached hydrogens (tertiary/aromatic N) is 1. The minimum absolute atomic E-state index is 0.0520. The number of carboxylic acids is 1. The number of aliphatic carboxylic acids is 1. The fraction of sp³-hybridized carbons (Fsp3) is 0.308. The second-order valence-electron chi connectivity index (χ2n) is 4.79. The van der Waals surface area contributed by atoms with E-state index < -0.39 is 17.4 Å². The van der Waals surface area contributed by atoms with Crippen molar-refractivity contribution in [2.24, 2.45) is 0 Å². The van der Waals surface area contributed by atoms with Crippen molar-refractivity contribution in [3.05, 3.63) is 30.2 Å². The van der Waals surface area contributed by atoms with Gasteiger partial charge >= 0.3 is 5.97 Å². The first-order valence-electron chi connectivity index (χ1n) is 6.34. The molecule has 0 radical (unpaired) electrons. The molecule has 1 aliphatic heterocycles. The molecule has 0 saturated carbocycles. The maximum Gasteiger partial charge on any atom is 0.331 e. The van der Waals surface area contributed by atoms with E-state index in [0.717, 1.165) is 0 Å². The lowest BCUT2D eigenvalue weighted by molar-refractivity contribution is -0.144. The number of hydrogen-bond donors (Lipinski definition) is 3. The molecule has 8 heteroatoms. The van der Waals surface area contributed by atoms with E-state index in [1.54, 1.807) is 12.1 Å². The Labute approximate surface area is 119 Å². The van der Waals surface area contributed by atoms with Gasteiger partial charge in [-0.05, 0) is 12.1 Å². The molecule has 0 bridgehead atoms. The second-order valence-corrected chi connectivity index (χ2v) is 4.79. The monoisotopic (exact) mass is 291 g/mol. The normalized spacial score (nSPS) is 21.3. The van der Waals surface area contributed by atoms with Crippen LogP contribution in [0.3, 0.4) is 0 Å². The van der Waals surface area contributed by atoms with Crippen LogP contribution in [-0.2, 0) is 9.53 Å². The molecule has 110 valence electrons. The summed E-state index contributed by atoms with van der Waals surface area (Å²) in [6.45, 7) is 0.244. The summed E-state index contributed by atoms with van der Waals surface area (Å²) in [6.07, 6.45) is 1.73. The van der Waals surface area contributed by atoms with Gasteiger partial charge in [-0.3, -0.25) is 9.89 Å². The molecule has 1 atom stereocenters. The van der Waals surface area contributed by atoms with Gasteiger partial charge in [0, 0.05) is 19.1 Å². The van der Waals surface area contributed by atoms with Crippen molar-refractivity contribution in [1.82, 2.24) is 15.5 Å². The van der Waals surface area contributed by atoms with Crippen molar-refractivity contribution in [3.8, 4) is 11.5 Å². The molecule has 3 N–H and O–H groups in total. The minimum atomic E-state index is -1.39. The van der Waals surface area contributed by atoms with Crippen LogP contribution in [0.4, 0.5) is 0 Å². The lowest BCUT2D eigenvalue weighted by Crippen LogP contribution is -2.55. The molecule has 1 amide bonds. The van der Waals surface area contributed by atoms with Crippen LogP contribution in [0, 0.1) is 0 Å². The van der Waals surface area contributed by atoms with E-state index in [0.29, 0.717) is 18.1 Å². The van der Waals surface area contributed by atoms with Crippen LogP contribution in [0.15, 0.2) is 28.9 Å². The van der Waals surface area contributed by atoms with Gasteiger partial charge in [0.05, 0.1) is 12.9 Å². The highest BCUT2D eigenvalue weighted by Crippen LogP contribution is 2.21. The van der Waals surface area contributed by atoms with E-state index in [1.165, 1.54) is 12.3 Å². The molecule has 0 spiro atoms. The van der Waals surface area contributed by atoms with E-state index in [1.807, 2.05) is 0 Å². The van der Waals surface area contributed by atoms with Gasteiger partial charge < -0.3 is 19.6 Å². The SMILES string of the molecule is O=C(NC1(C(=O)O)CCOC1)c1cc(-c2ccco2)[nH]n1. The van der Waals surface area contributed by atoms with Gasteiger partial charge in [0.15, 0.2) is 17.0 Å². The summed E-state index contributed by atoms with van der Waals surface area (Å²) in [7, 11) is 0. The maximum absolute atomic E-state index is 12.2. The van der Waals surface area contributed by atoms with Crippen molar-refractivity contribution in [1.29, 1.82) is 0 Å². The van der Waals surface area contributed by atoms with E-state index in [4.69, 9.17) is 9.15 Å². The quantitative estimate of drug-likeness (QED) is 0.761. The Balaban J connectivity index is 1.78. The summed E-state index contributed by atoms with van der Waals surface area (Å²) >= 11 is 0. The number of nitrogens with one attached hydrogen (secondary N) is 2. The summed E-state index contributed by atoms with van der Waals surface area (Å²) in [4.78, 5) is 23.5. The lowest BCUT2D eigenvalue weighted by atomic mass is 9.99. The van der Waals surface area contributed by atoms with Crippen LogP contribution in [0.1, 0.15) is 16.9 Å². The number of furan rings is 1. The smallest absolute Gasteiger partial charge is 0.331 e. The van der Waals surface area contributed by atoms with Crippen molar-refractivity contribution in [2.75, 3.05) is 13.2 Å². The zero-order valence-electron chi connectivity index (χ0n) is 11.0. The van der Waals surface area contributed by atoms with Gasteiger partial charge in [0.25, 0.3) is 5.91 Å². The number of aromatic nitrogens is 2. The number of amides is 1. The minimum Gasteiger partial charge on any atom is -0.479 e. The Bertz CT molecular complexity index is 655. The summed E-state index contributed by atoms with van der Waals surface area (Å²) in [5.41, 5.74) is -0.757. The Kier molecular flexibility index (Phi) is 3.22. The Morgan fingerprint density at radius 3 is 2.95 bits per heavy atom. The van der Waals surface area contributed by atoms with E-state index in [-0.39, 0.29) is 18.7 Å². The highest BCUT2D eigenvalue weighted by atomic mass is 16.5. The van der Waals surface area contributed by atoms with Gasteiger partial charge in [-0.25, -0.2) is 4.79 Å². The molecule has 1 aliphatic rings. The first kappa shape index (κ1) is 13.4. The number of aromatic amines is 1. The zero-order valence-corrected chi connectivity index (χ0v) is 11.0. The highest BCUT2D eigenvalue weighted by Gasteiger charge is 2.44. The van der Waals surface area contributed by atoms with Crippen LogP contribution < -0.4 is 5.32 Å². The Morgan fingerprint density at radius 2 is 2.33 bits per heavy atom.